The first-order valence-corrected chi connectivity index (χ1v) is 9.65. The minimum Gasteiger partial charge on any atom is -0.461 e. The van der Waals surface area contributed by atoms with Gasteiger partial charge >= 0.3 is 5.97 Å². The molecule has 9 heteroatoms. The molecule has 154 valence electrons. The maximum absolute atomic E-state index is 12.1. The predicted octanol–water partition coefficient (Wildman–Crippen LogP) is 3.90. The van der Waals surface area contributed by atoms with Crippen LogP contribution < -0.4 is 10.6 Å². The van der Waals surface area contributed by atoms with Gasteiger partial charge in [0.25, 0.3) is 5.69 Å². The fourth-order valence-corrected chi connectivity index (χ4v) is 2.81. The minimum absolute atomic E-state index is 0.0262. The molecule has 2 N–H and O–H groups in total. The van der Waals surface area contributed by atoms with Crippen LogP contribution >= 0.6 is 12.2 Å². The van der Waals surface area contributed by atoms with Crippen LogP contribution in [0.1, 0.15) is 24.2 Å². The molecule has 0 spiro atoms. The Balaban J connectivity index is 1.86. The van der Waals surface area contributed by atoms with Gasteiger partial charge in [0.1, 0.15) is 6.61 Å². The zero-order chi connectivity index (χ0) is 21.2. The summed E-state index contributed by atoms with van der Waals surface area (Å²) in [5.74, 6) is -0.374. The summed E-state index contributed by atoms with van der Waals surface area (Å²) in [6, 6.07) is 12.8. The van der Waals surface area contributed by atoms with Crippen LogP contribution in [0.25, 0.3) is 0 Å². The normalized spacial score (nSPS) is 10.4. The summed E-state index contributed by atoms with van der Waals surface area (Å²) in [7, 11) is 0. The summed E-state index contributed by atoms with van der Waals surface area (Å²) in [5.41, 5.74) is 1.60. The fourth-order valence-electron chi connectivity index (χ4n) is 2.57. The molecular weight excluding hydrogens is 392 g/mol. The maximum Gasteiger partial charge on any atom is 0.338 e. The van der Waals surface area contributed by atoms with E-state index in [1.54, 1.807) is 36.4 Å². The van der Waals surface area contributed by atoms with E-state index in [1.165, 1.54) is 12.1 Å². The van der Waals surface area contributed by atoms with Crippen LogP contribution in [0.5, 0.6) is 0 Å². The van der Waals surface area contributed by atoms with Crippen molar-refractivity contribution in [3.05, 3.63) is 64.2 Å². The second-order valence-corrected chi connectivity index (χ2v) is 6.53. The van der Waals surface area contributed by atoms with Crippen molar-refractivity contribution in [1.82, 2.24) is 4.90 Å². The molecule has 0 aliphatic carbocycles. The van der Waals surface area contributed by atoms with Crippen LogP contribution in [0.15, 0.2) is 48.5 Å². The first-order chi connectivity index (χ1) is 13.9. The zero-order valence-electron chi connectivity index (χ0n) is 16.4. The Kier molecular flexibility index (Phi) is 8.50. The maximum atomic E-state index is 12.1. The van der Waals surface area contributed by atoms with Gasteiger partial charge < -0.3 is 20.3 Å². The van der Waals surface area contributed by atoms with Crippen LogP contribution in [0.4, 0.5) is 17.1 Å². The zero-order valence-corrected chi connectivity index (χ0v) is 17.2. The molecule has 2 aromatic rings. The largest absolute Gasteiger partial charge is 0.461 e. The number of carbonyl (C=O) groups is 1. The van der Waals surface area contributed by atoms with Gasteiger partial charge in [-0.05, 0) is 55.6 Å². The Hall–Kier alpha value is -3.04. The van der Waals surface area contributed by atoms with Crippen LogP contribution in [0, 0.1) is 10.1 Å². The number of nitrogens with one attached hydrogen (secondary N) is 2. The van der Waals surface area contributed by atoms with Gasteiger partial charge in [-0.2, -0.15) is 0 Å². The molecule has 0 amide bonds. The Morgan fingerprint density at radius 2 is 1.76 bits per heavy atom. The molecule has 8 nitrogen and oxygen atoms in total. The fraction of sp³-hybridized carbons (Fsp3) is 0.300. The summed E-state index contributed by atoms with van der Waals surface area (Å²) in [6.07, 6.45) is 0. The number of nitrogens with zero attached hydrogens (tertiary/aromatic N) is 2. The number of benzene rings is 2. The van der Waals surface area contributed by atoms with E-state index in [2.05, 4.69) is 29.4 Å². The number of nitro benzene ring substituents is 1. The third-order valence-corrected chi connectivity index (χ3v) is 4.43. The average Bonchev–Trinajstić information content (AvgIpc) is 2.71. The van der Waals surface area contributed by atoms with E-state index >= 15 is 0 Å². The van der Waals surface area contributed by atoms with Crippen LogP contribution in [0.2, 0.25) is 0 Å². The summed E-state index contributed by atoms with van der Waals surface area (Å²) >= 11 is 5.23. The molecule has 29 heavy (non-hydrogen) atoms. The third-order valence-electron chi connectivity index (χ3n) is 4.23. The second-order valence-electron chi connectivity index (χ2n) is 6.13. The highest BCUT2D eigenvalue weighted by Gasteiger charge is 2.09. The standard InChI is InChI=1S/C20H24N4O4S/c1-3-23(4-2)12-13-28-19(25)15-8-10-16(11-9-15)21-20(29)22-17-6-5-7-18(14-17)24(26)27/h5-11,14H,3-4,12-13H2,1-2H3,(H2,21,22,29). The van der Waals surface area contributed by atoms with Gasteiger partial charge in [-0.25, -0.2) is 4.79 Å². The van der Waals surface area contributed by atoms with Gasteiger partial charge in [0.2, 0.25) is 0 Å². The summed E-state index contributed by atoms with van der Waals surface area (Å²) in [5, 5.41) is 17.0. The van der Waals surface area contributed by atoms with Crippen molar-refractivity contribution in [2.24, 2.45) is 0 Å². The number of likely N-dealkylation sites (N-methyl/N-ethyl adjacent to an activating group) is 1. The van der Waals surface area contributed by atoms with E-state index in [1.807, 2.05) is 0 Å². The first kappa shape index (κ1) is 22.3. The lowest BCUT2D eigenvalue weighted by Crippen LogP contribution is -2.27. The van der Waals surface area contributed by atoms with Crippen LogP contribution in [-0.2, 0) is 4.74 Å². The molecule has 0 fully saturated rings. The Labute approximate surface area is 175 Å². The van der Waals surface area contributed by atoms with Crippen molar-refractivity contribution in [3.8, 4) is 0 Å². The highest BCUT2D eigenvalue weighted by molar-refractivity contribution is 7.80. The number of rotatable bonds is 9. The molecule has 0 radical (unpaired) electrons. The Morgan fingerprint density at radius 3 is 2.38 bits per heavy atom. The molecule has 0 heterocycles. The molecule has 0 unspecified atom stereocenters. The minimum atomic E-state index is -0.471. The van der Waals surface area contributed by atoms with Crippen LogP contribution in [-0.4, -0.2) is 47.1 Å². The number of hydrogen-bond acceptors (Lipinski definition) is 6. The van der Waals surface area contributed by atoms with Crippen molar-refractivity contribution >= 4 is 40.4 Å². The van der Waals surface area contributed by atoms with E-state index < -0.39 is 4.92 Å². The molecule has 0 atom stereocenters. The summed E-state index contributed by atoms with van der Waals surface area (Å²) < 4.78 is 5.30. The van der Waals surface area contributed by atoms with Crippen molar-refractivity contribution in [2.75, 3.05) is 36.9 Å². The van der Waals surface area contributed by atoms with E-state index in [9.17, 15) is 14.9 Å². The smallest absolute Gasteiger partial charge is 0.338 e. The quantitative estimate of drug-likeness (QED) is 0.275. The monoisotopic (exact) mass is 416 g/mol. The third kappa shape index (κ3) is 7.13. The van der Waals surface area contributed by atoms with Gasteiger partial charge in [0.05, 0.1) is 10.5 Å². The summed E-state index contributed by atoms with van der Waals surface area (Å²) in [4.78, 5) is 24.7. The number of non-ortho nitro benzene ring substituents is 1. The lowest BCUT2D eigenvalue weighted by Gasteiger charge is -2.17. The molecular formula is C20H24N4O4S. The van der Waals surface area contributed by atoms with E-state index in [0.29, 0.717) is 30.1 Å². The second kappa shape index (κ2) is 11.1. The number of hydrogen-bond donors (Lipinski definition) is 2. The van der Waals surface area contributed by atoms with Gasteiger partial charge in [-0.1, -0.05) is 19.9 Å². The van der Waals surface area contributed by atoms with Crippen molar-refractivity contribution in [3.63, 3.8) is 0 Å². The van der Waals surface area contributed by atoms with Crippen molar-refractivity contribution < 1.29 is 14.5 Å². The van der Waals surface area contributed by atoms with Gasteiger partial charge in [-0.15, -0.1) is 0 Å². The van der Waals surface area contributed by atoms with Gasteiger partial charge in [-0.3, -0.25) is 10.1 Å². The summed E-state index contributed by atoms with van der Waals surface area (Å²) in [6.45, 7) is 7.01. The number of carbonyl (C=O) groups excluding carboxylic acids is 1. The van der Waals surface area contributed by atoms with Crippen molar-refractivity contribution in [1.29, 1.82) is 0 Å². The van der Waals surface area contributed by atoms with E-state index in [0.717, 1.165) is 13.1 Å². The number of ether oxygens (including phenoxy) is 1. The number of nitro groups is 1. The molecule has 0 aliphatic heterocycles. The first-order valence-electron chi connectivity index (χ1n) is 9.25. The predicted molar refractivity (Wildman–Crippen MR) is 117 cm³/mol. The van der Waals surface area contributed by atoms with Crippen molar-refractivity contribution in [2.45, 2.75) is 13.8 Å². The van der Waals surface area contributed by atoms with Gasteiger partial charge in [0.15, 0.2) is 5.11 Å². The molecule has 0 aromatic heterocycles. The Bertz CT molecular complexity index is 854. The topological polar surface area (TPSA) is 96.7 Å². The highest BCUT2D eigenvalue weighted by Crippen LogP contribution is 2.18. The number of anilines is 2. The molecule has 0 saturated heterocycles. The average molecular weight is 417 g/mol. The molecule has 0 bridgehead atoms. The lowest BCUT2D eigenvalue weighted by atomic mass is 10.2. The number of thiocarbonyl (C=S) groups is 1. The van der Waals surface area contributed by atoms with E-state index in [-0.39, 0.29) is 16.8 Å². The van der Waals surface area contributed by atoms with Gasteiger partial charge in [0, 0.05) is 30.1 Å². The SMILES string of the molecule is CCN(CC)CCOC(=O)c1ccc(NC(=S)Nc2cccc([N+](=O)[O-])c2)cc1. The molecule has 0 saturated carbocycles. The van der Waals surface area contributed by atoms with Crippen LogP contribution in [0.3, 0.4) is 0 Å². The molecule has 2 aromatic carbocycles. The molecule has 2 rings (SSSR count). The molecule has 0 aliphatic rings. The Morgan fingerprint density at radius 1 is 1.10 bits per heavy atom. The van der Waals surface area contributed by atoms with E-state index in [4.69, 9.17) is 17.0 Å². The number of esters is 1. The highest BCUT2D eigenvalue weighted by atomic mass is 32.1. The lowest BCUT2D eigenvalue weighted by molar-refractivity contribution is -0.384.